The Morgan fingerprint density at radius 1 is 1.20 bits per heavy atom. The molecule has 1 aromatic heterocycles. The van der Waals surface area contributed by atoms with Crippen LogP contribution in [0.15, 0.2) is 48.8 Å². The van der Waals surface area contributed by atoms with Gasteiger partial charge in [0.15, 0.2) is 0 Å². The molecule has 0 radical (unpaired) electrons. The number of benzene rings is 1. The molecule has 1 saturated heterocycles. The summed E-state index contributed by atoms with van der Waals surface area (Å²) in [5.41, 5.74) is 1.71. The average Bonchev–Trinajstić information content (AvgIpc) is 2.65. The number of nitrogens with zero attached hydrogens (tertiary/aromatic N) is 2. The minimum atomic E-state index is -0.253. The molecule has 1 aliphatic heterocycles. The molecule has 2 aromatic rings. The summed E-state index contributed by atoms with van der Waals surface area (Å²) < 4.78 is 5.44. The topological polar surface area (TPSA) is 66.5 Å². The van der Waals surface area contributed by atoms with E-state index >= 15 is 0 Å². The maximum atomic E-state index is 12.2. The van der Waals surface area contributed by atoms with Crippen LogP contribution in [-0.4, -0.2) is 48.8 Å². The molecule has 1 atom stereocenters. The van der Waals surface area contributed by atoms with Gasteiger partial charge in [-0.15, -0.1) is 0 Å². The standard InChI is InChI=1S/C18H21ClN4O2/c19-16-4-2-1-3-15(16)17(23-9-11-25-12-10-23)13-21-18(24)22-14-5-7-20-8-6-14/h1-8,17H,9-13H2,(H2,20,21,22,24). The van der Waals surface area contributed by atoms with Crippen LogP contribution in [0.1, 0.15) is 11.6 Å². The van der Waals surface area contributed by atoms with Crippen molar-refractivity contribution in [1.82, 2.24) is 15.2 Å². The van der Waals surface area contributed by atoms with E-state index < -0.39 is 0 Å². The summed E-state index contributed by atoms with van der Waals surface area (Å²) in [4.78, 5) is 18.4. The number of urea groups is 1. The second-order valence-corrected chi connectivity index (χ2v) is 6.16. The van der Waals surface area contributed by atoms with E-state index in [0.29, 0.717) is 30.5 Å². The number of nitrogens with one attached hydrogen (secondary N) is 2. The summed E-state index contributed by atoms with van der Waals surface area (Å²) in [7, 11) is 0. The van der Waals surface area contributed by atoms with Crippen LogP contribution < -0.4 is 10.6 Å². The van der Waals surface area contributed by atoms with Crippen molar-refractivity contribution in [2.45, 2.75) is 6.04 Å². The lowest BCUT2D eigenvalue weighted by atomic mass is 10.0. The fourth-order valence-electron chi connectivity index (χ4n) is 2.87. The van der Waals surface area contributed by atoms with Gasteiger partial charge in [-0.05, 0) is 23.8 Å². The number of pyridine rings is 1. The van der Waals surface area contributed by atoms with Crippen LogP contribution in [-0.2, 0) is 4.74 Å². The Kier molecular flexibility index (Phi) is 6.22. The number of hydrogen-bond donors (Lipinski definition) is 2. The first-order valence-electron chi connectivity index (χ1n) is 8.25. The highest BCUT2D eigenvalue weighted by atomic mass is 35.5. The van der Waals surface area contributed by atoms with E-state index in [4.69, 9.17) is 16.3 Å². The van der Waals surface area contributed by atoms with Crippen molar-refractivity contribution in [3.05, 3.63) is 59.4 Å². The Labute approximate surface area is 152 Å². The molecule has 132 valence electrons. The molecule has 1 fully saturated rings. The Balaban J connectivity index is 1.67. The Morgan fingerprint density at radius 2 is 1.92 bits per heavy atom. The van der Waals surface area contributed by atoms with Crippen molar-refractivity contribution in [2.75, 3.05) is 38.2 Å². The van der Waals surface area contributed by atoms with Gasteiger partial charge in [0.2, 0.25) is 0 Å². The predicted molar refractivity (Wildman–Crippen MR) is 97.8 cm³/mol. The summed E-state index contributed by atoms with van der Waals surface area (Å²) in [6.07, 6.45) is 3.27. The van der Waals surface area contributed by atoms with Crippen molar-refractivity contribution in [1.29, 1.82) is 0 Å². The minimum absolute atomic E-state index is 0.000732. The second kappa shape index (κ2) is 8.80. The molecule has 2 N–H and O–H groups in total. The monoisotopic (exact) mass is 360 g/mol. The minimum Gasteiger partial charge on any atom is -0.379 e. The maximum Gasteiger partial charge on any atom is 0.319 e. The van der Waals surface area contributed by atoms with Gasteiger partial charge in [0.1, 0.15) is 0 Å². The van der Waals surface area contributed by atoms with Crippen molar-refractivity contribution >= 4 is 23.3 Å². The first-order chi connectivity index (χ1) is 12.2. The first-order valence-corrected chi connectivity index (χ1v) is 8.63. The van der Waals surface area contributed by atoms with Gasteiger partial charge in [-0.25, -0.2) is 4.79 Å². The first kappa shape index (κ1) is 17.7. The van der Waals surface area contributed by atoms with E-state index in [-0.39, 0.29) is 12.1 Å². The van der Waals surface area contributed by atoms with E-state index in [0.717, 1.165) is 18.7 Å². The van der Waals surface area contributed by atoms with Gasteiger partial charge in [-0.1, -0.05) is 29.8 Å². The van der Waals surface area contributed by atoms with Gasteiger partial charge in [0, 0.05) is 42.7 Å². The highest BCUT2D eigenvalue weighted by Gasteiger charge is 2.24. The summed E-state index contributed by atoms with van der Waals surface area (Å²) in [5, 5.41) is 6.45. The molecule has 0 saturated carbocycles. The number of carbonyl (C=O) groups is 1. The van der Waals surface area contributed by atoms with Crippen LogP contribution in [0, 0.1) is 0 Å². The number of anilines is 1. The molecule has 6 nitrogen and oxygen atoms in total. The van der Waals surface area contributed by atoms with E-state index in [1.807, 2.05) is 24.3 Å². The van der Waals surface area contributed by atoms with Crippen LogP contribution >= 0.6 is 11.6 Å². The molecule has 25 heavy (non-hydrogen) atoms. The van der Waals surface area contributed by atoms with Crippen molar-refractivity contribution in [2.24, 2.45) is 0 Å². The maximum absolute atomic E-state index is 12.2. The normalized spacial score (nSPS) is 16.2. The van der Waals surface area contributed by atoms with E-state index in [1.54, 1.807) is 24.5 Å². The highest BCUT2D eigenvalue weighted by Crippen LogP contribution is 2.27. The summed E-state index contributed by atoms with van der Waals surface area (Å²) in [5.74, 6) is 0. The lowest BCUT2D eigenvalue weighted by Gasteiger charge is -2.35. The smallest absolute Gasteiger partial charge is 0.319 e. The van der Waals surface area contributed by atoms with Gasteiger partial charge >= 0.3 is 6.03 Å². The van der Waals surface area contributed by atoms with E-state index in [2.05, 4.69) is 20.5 Å². The number of morpholine rings is 1. The Hall–Kier alpha value is -2.15. The van der Waals surface area contributed by atoms with Crippen molar-refractivity contribution in [3.8, 4) is 0 Å². The fourth-order valence-corrected chi connectivity index (χ4v) is 3.13. The van der Waals surface area contributed by atoms with Crippen molar-refractivity contribution < 1.29 is 9.53 Å². The van der Waals surface area contributed by atoms with Gasteiger partial charge in [0.05, 0.1) is 19.3 Å². The molecular formula is C18H21ClN4O2. The van der Waals surface area contributed by atoms with Gasteiger partial charge in [-0.3, -0.25) is 9.88 Å². The average molecular weight is 361 g/mol. The predicted octanol–water partition coefficient (Wildman–Crippen LogP) is 2.93. The number of amides is 2. The Bertz CT molecular complexity index is 692. The fraction of sp³-hybridized carbons (Fsp3) is 0.333. The van der Waals surface area contributed by atoms with E-state index in [9.17, 15) is 4.79 Å². The molecule has 0 aliphatic carbocycles. The molecule has 0 spiro atoms. The third kappa shape index (κ3) is 4.92. The molecule has 3 rings (SSSR count). The second-order valence-electron chi connectivity index (χ2n) is 5.76. The summed E-state index contributed by atoms with van der Waals surface area (Å²) in [6, 6.07) is 11.0. The molecule has 1 aromatic carbocycles. The molecule has 0 bridgehead atoms. The lowest BCUT2D eigenvalue weighted by molar-refractivity contribution is 0.0168. The zero-order chi connectivity index (χ0) is 17.5. The third-order valence-electron chi connectivity index (χ3n) is 4.14. The quantitative estimate of drug-likeness (QED) is 0.860. The Morgan fingerprint density at radius 3 is 2.64 bits per heavy atom. The summed E-state index contributed by atoms with van der Waals surface area (Å²) in [6.45, 7) is 3.45. The number of ether oxygens (including phenoxy) is 1. The molecule has 1 aliphatic rings. The number of carbonyl (C=O) groups excluding carboxylic acids is 1. The largest absolute Gasteiger partial charge is 0.379 e. The molecule has 1 unspecified atom stereocenters. The SMILES string of the molecule is O=C(NCC(c1ccccc1Cl)N1CCOCC1)Nc1ccncc1. The number of hydrogen-bond acceptors (Lipinski definition) is 4. The molecule has 7 heteroatoms. The molecular weight excluding hydrogens is 340 g/mol. The molecule has 2 amide bonds. The third-order valence-corrected chi connectivity index (χ3v) is 4.49. The van der Waals surface area contributed by atoms with Crippen LogP contribution in [0.25, 0.3) is 0 Å². The van der Waals surface area contributed by atoms with Crippen LogP contribution in [0.4, 0.5) is 10.5 Å². The van der Waals surface area contributed by atoms with Gasteiger partial charge in [0.25, 0.3) is 0 Å². The van der Waals surface area contributed by atoms with Crippen LogP contribution in [0.2, 0.25) is 5.02 Å². The zero-order valence-corrected chi connectivity index (χ0v) is 14.6. The van der Waals surface area contributed by atoms with Crippen LogP contribution in [0.5, 0.6) is 0 Å². The van der Waals surface area contributed by atoms with E-state index in [1.165, 1.54) is 0 Å². The zero-order valence-electron chi connectivity index (χ0n) is 13.8. The highest BCUT2D eigenvalue weighted by molar-refractivity contribution is 6.31. The van der Waals surface area contributed by atoms with Crippen LogP contribution in [0.3, 0.4) is 0 Å². The summed E-state index contributed by atoms with van der Waals surface area (Å²) >= 11 is 6.39. The lowest BCUT2D eigenvalue weighted by Crippen LogP contribution is -2.44. The van der Waals surface area contributed by atoms with Crippen molar-refractivity contribution in [3.63, 3.8) is 0 Å². The van der Waals surface area contributed by atoms with Gasteiger partial charge in [-0.2, -0.15) is 0 Å². The molecule has 2 heterocycles. The number of aromatic nitrogens is 1. The van der Waals surface area contributed by atoms with Gasteiger partial charge < -0.3 is 15.4 Å². The number of halogens is 1. The number of rotatable bonds is 5.